The first kappa shape index (κ1) is 14.3. The molecule has 0 heterocycles. The van der Waals surface area contributed by atoms with Crippen molar-refractivity contribution >= 4 is 17.4 Å². The molecule has 0 radical (unpaired) electrons. The third-order valence-electron chi connectivity index (χ3n) is 2.28. The number of rotatable bonds is 5. The highest BCUT2D eigenvalue weighted by Crippen LogP contribution is 2.23. The van der Waals surface area contributed by atoms with Crippen molar-refractivity contribution < 1.29 is 19.2 Å². The van der Waals surface area contributed by atoms with Gasteiger partial charge in [0.2, 0.25) is 5.78 Å². The van der Waals surface area contributed by atoms with Crippen LogP contribution >= 0.6 is 0 Å². The van der Waals surface area contributed by atoms with Gasteiger partial charge in [0.1, 0.15) is 11.6 Å². The number of ether oxygens (including phenoxy) is 1. The Kier molecular flexibility index (Phi) is 4.71. The summed E-state index contributed by atoms with van der Waals surface area (Å²) >= 11 is 0. The molecule has 19 heavy (non-hydrogen) atoms. The summed E-state index contributed by atoms with van der Waals surface area (Å²) in [7, 11) is 0. The largest absolute Gasteiger partial charge is 0.460 e. The van der Waals surface area contributed by atoms with E-state index in [0.29, 0.717) is 0 Å². The van der Waals surface area contributed by atoms with Crippen LogP contribution < -0.4 is 0 Å². The van der Waals surface area contributed by atoms with E-state index in [4.69, 9.17) is 5.26 Å². The normalized spacial score (nSPS) is 9.47. The van der Waals surface area contributed by atoms with Crippen LogP contribution in [0.2, 0.25) is 0 Å². The SMILES string of the molecule is CCOC(=O)C(=O)Cc1cccc(C#N)c1[N+](=O)[O-]. The summed E-state index contributed by atoms with van der Waals surface area (Å²) < 4.78 is 4.51. The molecule has 98 valence electrons. The summed E-state index contributed by atoms with van der Waals surface area (Å²) in [5.74, 6) is -1.93. The molecule has 0 saturated carbocycles. The van der Waals surface area contributed by atoms with Crippen molar-refractivity contribution in [2.24, 2.45) is 0 Å². The molecule has 0 saturated heterocycles. The van der Waals surface area contributed by atoms with Gasteiger partial charge in [0.05, 0.1) is 11.5 Å². The van der Waals surface area contributed by atoms with Crippen molar-refractivity contribution in [3.63, 3.8) is 0 Å². The van der Waals surface area contributed by atoms with E-state index in [1.807, 2.05) is 0 Å². The van der Waals surface area contributed by atoms with Gasteiger partial charge in [0, 0.05) is 12.0 Å². The van der Waals surface area contributed by atoms with E-state index in [1.165, 1.54) is 18.2 Å². The molecule has 0 aliphatic carbocycles. The van der Waals surface area contributed by atoms with E-state index in [0.717, 1.165) is 0 Å². The van der Waals surface area contributed by atoms with Crippen molar-refractivity contribution in [3.8, 4) is 6.07 Å². The Morgan fingerprint density at radius 1 is 1.47 bits per heavy atom. The lowest BCUT2D eigenvalue weighted by molar-refractivity contribution is -0.385. The minimum atomic E-state index is -1.04. The van der Waals surface area contributed by atoms with Gasteiger partial charge in [-0.05, 0) is 13.0 Å². The zero-order valence-electron chi connectivity index (χ0n) is 10.1. The summed E-state index contributed by atoms with van der Waals surface area (Å²) in [6, 6.07) is 5.70. The molecule has 7 nitrogen and oxygen atoms in total. The molecule has 1 rings (SSSR count). The van der Waals surface area contributed by atoms with Crippen LogP contribution in [0, 0.1) is 21.4 Å². The molecule has 0 aromatic heterocycles. The topological polar surface area (TPSA) is 110 Å². The lowest BCUT2D eigenvalue weighted by Gasteiger charge is -2.03. The van der Waals surface area contributed by atoms with Gasteiger partial charge in [0.15, 0.2) is 0 Å². The second-order valence-corrected chi connectivity index (χ2v) is 3.50. The van der Waals surface area contributed by atoms with Gasteiger partial charge in [-0.15, -0.1) is 0 Å². The fourth-order valence-electron chi connectivity index (χ4n) is 1.50. The van der Waals surface area contributed by atoms with Crippen molar-refractivity contribution in [3.05, 3.63) is 39.4 Å². The van der Waals surface area contributed by atoms with E-state index >= 15 is 0 Å². The first-order valence-electron chi connectivity index (χ1n) is 5.37. The smallest absolute Gasteiger partial charge is 0.374 e. The lowest BCUT2D eigenvalue weighted by atomic mass is 10.0. The first-order valence-corrected chi connectivity index (χ1v) is 5.37. The van der Waals surface area contributed by atoms with Crippen LogP contribution in [0.5, 0.6) is 0 Å². The molecule has 0 aliphatic rings. The fraction of sp³-hybridized carbons (Fsp3) is 0.250. The number of nitriles is 1. The molecule has 1 aromatic rings. The highest BCUT2D eigenvalue weighted by molar-refractivity contribution is 6.34. The van der Waals surface area contributed by atoms with Crippen LogP contribution in [0.3, 0.4) is 0 Å². The average molecular weight is 262 g/mol. The fourth-order valence-corrected chi connectivity index (χ4v) is 1.50. The molecule has 0 bridgehead atoms. The highest BCUT2D eigenvalue weighted by atomic mass is 16.6. The van der Waals surface area contributed by atoms with Crippen LogP contribution in [-0.2, 0) is 20.7 Å². The van der Waals surface area contributed by atoms with Crippen LogP contribution in [0.1, 0.15) is 18.1 Å². The molecular formula is C12H10N2O5. The Morgan fingerprint density at radius 3 is 2.68 bits per heavy atom. The Balaban J connectivity index is 3.09. The van der Waals surface area contributed by atoms with Gasteiger partial charge in [-0.3, -0.25) is 14.9 Å². The Morgan fingerprint density at radius 2 is 2.16 bits per heavy atom. The van der Waals surface area contributed by atoms with Crippen molar-refractivity contribution in [2.75, 3.05) is 6.61 Å². The predicted octanol–water partition coefficient (Wildman–Crippen LogP) is 1.14. The number of carbonyl (C=O) groups is 2. The number of hydrogen-bond donors (Lipinski definition) is 0. The van der Waals surface area contributed by atoms with Gasteiger partial charge in [0.25, 0.3) is 5.69 Å². The number of nitrogens with zero attached hydrogens (tertiary/aromatic N) is 2. The molecule has 0 aliphatic heterocycles. The number of Topliss-reactive ketones (excluding diaryl/α,β-unsaturated/α-hetero) is 1. The summed E-state index contributed by atoms with van der Waals surface area (Å²) in [5.41, 5.74) is -0.594. The van der Waals surface area contributed by atoms with E-state index in [9.17, 15) is 19.7 Å². The molecule has 0 spiro atoms. The van der Waals surface area contributed by atoms with Crippen molar-refractivity contribution in [1.29, 1.82) is 5.26 Å². The second kappa shape index (κ2) is 6.26. The van der Waals surface area contributed by atoms with E-state index in [2.05, 4.69) is 4.74 Å². The number of nitro groups is 1. The average Bonchev–Trinajstić information content (AvgIpc) is 2.38. The minimum absolute atomic E-state index is 0.0158. The van der Waals surface area contributed by atoms with Crippen LogP contribution in [-0.4, -0.2) is 23.3 Å². The lowest BCUT2D eigenvalue weighted by Crippen LogP contribution is -2.20. The number of nitro benzene ring substituents is 1. The number of esters is 1. The van der Waals surface area contributed by atoms with Gasteiger partial charge in [-0.25, -0.2) is 4.79 Å². The Bertz CT molecular complexity index is 574. The van der Waals surface area contributed by atoms with Crippen LogP contribution in [0.4, 0.5) is 5.69 Å². The highest BCUT2D eigenvalue weighted by Gasteiger charge is 2.24. The maximum atomic E-state index is 11.5. The van der Waals surface area contributed by atoms with Crippen molar-refractivity contribution in [1.82, 2.24) is 0 Å². The number of ketones is 1. The standard InChI is InChI=1S/C12H10N2O5/c1-2-19-12(16)10(15)6-8-4-3-5-9(7-13)11(8)14(17)18/h3-5H,2,6H2,1H3. The molecule has 0 unspecified atom stereocenters. The summed E-state index contributed by atoms with van der Waals surface area (Å²) in [6.45, 7) is 1.59. The zero-order valence-corrected chi connectivity index (χ0v) is 10.1. The first-order chi connectivity index (χ1) is 9.01. The van der Waals surface area contributed by atoms with Crippen LogP contribution in [0.15, 0.2) is 18.2 Å². The van der Waals surface area contributed by atoms with Gasteiger partial charge in [-0.2, -0.15) is 5.26 Å². The minimum Gasteiger partial charge on any atom is -0.460 e. The van der Waals surface area contributed by atoms with Crippen molar-refractivity contribution in [2.45, 2.75) is 13.3 Å². The molecule has 7 heteroatoms. The molecular weight excluding hydrogens is 252 g/mol. The monoisotopic (exact) mass is 262 g/mol. The zero-order chi connectivity index (χ0) is 14.4. The van der Waals surface area contributed by atoms with Gasteiger partial charge >= 0.3 is 5.97 Å². The Labute approximate surface area is 108 Å². The maximum Gasteiger partial charge on any atom is 0.374 e. The van der Waals surface area contributed by atoms with Crippen LogP contribution in [0.25, 0.3) is 0 Å². The summed E-state index contributed by atoms with van der Waals surface area (Å²) in [4.78, 5) is 32.8. The third-order valence-corrected chi connectivity index (χ3v) is 2.28. The summed E-state index contributed by atoms with van der Waals surface area (Å²) in [6.07, 6.45) is -0.468. The molecule has 0 amide bonds. The van der Waals surface area contributed by atoms with Gasteiger partial charge in [-0.1, -0.05) is 12.1 Å². The third kappa shape index (κ3) is 3.35. The molecule has 0 fully saturated rings. The molecule has 0 N–H and O–H groups in total. The quantitative estimate of drug-likeness (QED) is 0.340. The van der Waals surface area contributed by atoms with E-state index in [1.54, 1.807) is 13.0 Å². The van der Waals surface area contributed by atoms with E-state index < -0.39 is 28.8 Å². The number of carbonyl (C=O) groups excluding carboxylic acids is 2. The molecule has 0 atom stereocenters. The number of hydrogen-bond acceptors (Lipinski definition) is 6. The second-order valence-electron chi connectivity index (χ2n) is 3.50. The number of para-hydroxylation sites is 1. The molecule has 1 aromatic carbocycles. The Hall–Kier alpha value is -2.75. The predicted molar refractivity (Wildman–Crippen MR) is 63.2 cm³/mol. The van der Waals surface area contributed by atoms with E-state index in [-0.39, 0.29) is 17.7 Å². The summed E-state index contributed by atoms with van der Waals surface area (Å²) in [5, 5.41) is 19.7. The maximum absolute atomic E-state index is 11.5. The van der Waals surface area contributed by atoms with Gasteiger partial charge < -0.3 is 4.74 Å². The number of benzene rings is 1.